The van der Waals surface area contributed by atoms with Gasteiger partial charge < -0.3 is 20.7 Å². The molecule has 0 spiro atoms. The van der Waals surface area contributed by atoms with Crippen molar-refractivity contribution in [3.8, 4) is 5.75 Å². The molecule has 1 heterocycles. The minimum atomic E-state index is -0.0116. The third-order valence-electron chi connectivity index (χ3n) is 3.07. The normalized spacial score (nSPS) is 14.8. The van der Waals surface area contributed by atoms with Crippen molar-refractivity contribution in [1.29, 1.82) is 0 Å². The van der Waals surface area contributed by atoms with E-state index in [1.54, 1.807) is 4.90 Å². The minimum Gasteiger partial charge on any atom is -0.491 e. The third-order valence-corrected chi connectivity index (χ3v) is 3.07. The number of para-hydroxylation sites is 1. The lowest BCUT2D eigenvalue weighted by atomic mass is 10.1. The largest absolute Gasteiger partial charge is 0.491 e. The lowest BCUT2D eigenvalue weighted by Crippen LogP contribution is -2.32. The van der Waals surface area contributed by atoms with Gasteiger partial charge in [-0.25, -0.2) is 4.79 Å². The quantitative estimate of drug-likeness (QED) is 0.813. The number of carbonyl (C=O) groups is 1. The van der Waals surface area contributed by atoms with E-state index >= 15 is 0 Å². The molecule has 0 bridgehead atoms. The van der Waals surface area contributed by atoms with Crippen molar-refractivity contribution in [3.63, 3.8) is 0 Å². The summed E-state index contributed by atoms with van der Waals surface area (Å²) < 4.78 is 5.77. The molecule has 0 atom stereocenters. The highest BCUT2D eigenvalue weighted by molar-refractivity contribution is 5.76. The summed E-state index contributed by atoms with van der Waals surface area (Å²) in [6.45, 7) is 5.02. The summed E-state index contributed by atoms with van der Waals surface area (Å²) >= 11 is 0. The fraction of sp³-hybridized carbons (Fsp3) is 0.462. The second-order valence-electron chi connectivity index (χ2n) is 4.33. The average Bonchev–Trinajstić information content (AvgIpc) is 2.77. The molecule has 5 nitrogen and oxygen atoms in total. The summed E-state index contributed by atoms with van der Waals surface area (Å²) in [7, 11) is 0. The van der Waals surface area contributed by atoms with Crippen molar-refractivity contribution in [2.75, 3.05) is 26.2 Å². The van der Waals surface area contributed by atoms with Crippen LogP contribution in [0.2, 0.25) is 0 Å². The van der Waals surface area contributed by atoms with E-state index in [1.165, 1.54) is 0 Å². The third kappa shape index (κ3) is 2.73. The number of aryl methyl sites for hydroxylation is 1. The molecule has 0 aromatic heterocycles. The first-order valence-electron chi connectivity index (χ1n) is 6.16. The van der Waals surface area contributed by atoms with E-state index in [9.17, 15) is 4.79 Å². The van der Waals surface area contributed by atoms with Crippen LogP contribution in [0.5, 0.6) is 5.75 Å². The predicted octanol–water partition coefficient (Wildman–Crippen LogP) is 0.858. The Morgan fingerprint density at radius 1 is 1.50 bits per heavy atom. The number of hydrogen-bond acceptors (Lipinski definition) is 3. The average molecular weight is 249 g/mol. The molecular weight excluding hydrogens is 230 g/mol. The summed E-state index contributed by atoms with van der Waals surface area (Å²) in [4.78, 5) is 13.1. The van der Waals surface area contributed by atoms with Crippen molar-refractivity contribution in [2.45, 2.75) is 13.5 Å². The van der Waals surface area contributed by atoms with Crippen LogP contribution in [0.4, 0.5) is 4.79 Å². The van der Waals surface area contributed by atoms with Gasteiger partial charge >= 0.3 is 6.03 Å². The first kappa shape index (κ1) is 12.7. The molecule has 0 aliphatic carbocycles. The first-order valence-corrected chi connectivity index (χ1v) is 6.16. The number of amides is 2. The Bertz CT molecular complexity index is 434. The summed E-state index contributed by atoms with van der Waals surface area (Å²) in [5, 5.41) is 2.76. The van der Waals surface area contributed by atoms with Crippen LogP contribution in [-0.2, 0) is 6.54 Å². The molecule has 3 N–H and O–H groups in total. The van der Waals surface area contributed by atoms with Crippen LogP contribution in [0.15, 0.2) is 18.2 Å². The van der Waals surface area contributed by atoms with E-state index in [0.29, 0.717) is 19.7 Å². The van der Waals surface area contributed by atoms with E-state index < -0.39 is 0 Å². The zero-order valence-electron chi connectivity index (χ0n) is 10.6. The molecule has 98 valence electrons. The van der Waals surface area contributed by atoms with Crippen LogP contribution in [-0.4, -0.2) is 37.2 Å². The molecule has 1 saturated heterocycles. The molecule has 2 rings (SSSR count). The van der Waals surface area contributed by atoms with E-state index in [0.717, 1.165) is 30.0 Å². The number of nitrogens with zero attached hydrogens (tertiary/aromatic N) is 1. The molecule has 1 aromatic rings. The Kier molecular flexibility index (Phi) is 4.04. The number of rotatable bonds is 5. The maximum absolute atomic E-state index is 11.3. The Labute approximate surface area is 107 Å². The highest BCUT2D eigenvalue weighted by Gasteiger charge is 2.18. The van der Waals surface area contributed by atoms with Crippen molar-refractivity contribution < 1.29 is 9.53 Å². The van der Waals surface area contributed by atoms with Gasteiger partial charge in [0.2, 0.25) is 0 Å². The summed E-state index contributed by atoms with van der Waals surface area (Å²) in [5.74, 6) is 0.847. The van der Waals surface area contributed by atoms with E-state index in [-0.39, 0.29) is 6.03 Å². The molecule has 5 heteroatoms. The lowest BCUT2D eigenvalue weighted by molar-refractivity contribution is 0.202. The van der Waals surface area contributed by atoms with Gasteiger partial charge in [-0.15, -0.1) is 0 Å². The summed E-state index contributed by atoms with van der Waals surface area (Å²) in [5.41, 5.74) is 7.75. The molecule has 0 unspecified atom stereocenters. The molecule has 0 radical (unpaired) electrons. The van der Waals surface area contributed by atoms with Crippen LogP contribution in [0, 0.1) is 6.92 Å². The molecule has 1 aromatic carbocycles. The van der Waals surface area contributed by atoms with Gasteiger partial charge in [-0.2, -0.15) is 0 Å². The van der Waals surface area contributed by atoms with Gasteiger partial charge in [-0.1, -0.05) is 18.2 Å². The molecular formula is C13H19N3O2. The van der Waals surface area contributed by atoms with Gasteiger partial charge in [0.05, 0.1) is 6.54 Å². The van der Waals surface area contributed by atoms with Crippen molar-refractivity contribution in [2.24, 2.45) is 5.73 Å². The van der Waals surface area contributed by atoms with Crippen molar-refractivity contribution in [3.05, 3.63) is 29.3 Å². The standard InChI is InChI=1S/C13H19N3O2/c1-10-3-2-4-11(9-14)12(10)18-8-7-16-6-5-15-13(16)17/h2-4H,5-9,14H2,1H3,(H,15,17). The number of hydrogen-bond donors (Lipinski definition) is 2. The van der Waals surface area contributed by atoms with Crippen molar-refractivity contribution >= 4 is 6.03 Å². The highest BCUT2D eigenvalue weighted by Crippen LogP contribution is 2.22. The molecule has 1 aliphatic heterocycles. The second-order valence-corrected chi connectivity index (χ2v) is 4.33. The van der Waals surface area contributed by atoms with Crippen LogP contribution >= 0.6 is 0 Å². The zero-order valence-corrected chi connectivity index (χ0v) is 10.6. The molecule has 18 heavy (non-hydrogen) atoms. The van der Waals surface area contributed by atoms with Gasteiger partial charge in [0.1, 0.15) is 12.4 Å². The number of carbonyl (C=O) groups excluding carboxylic acids is 1. The number of ether oxygens (including phenoxy) is 1. The number of urea groups is 1. The van der Waals surface area contributed by atoms with Crippen LogP contribution in [0.25, 0.3) is 0 Å². The minimum absolute atomic E-state index is 0.0116. The Balaban J connectivity index is 1.92. The van der Waals surface area contributed by atoms with Gasteiger partial charge in [0.25, 0.3) is 0 Å². The Hall–Kier alpha value is -1.75. The van der Waals surface area contributed by atoms with Crippen LogP contribution in [0.1, 0.15) is 11.1 Å². The molecule has 1 aliphatic rings. The lowest BCUT2D eigenvalue weighted by Gasteiger charge is -2.17. The number of nitrogens with two attached hydrogens (primary N) is 1. The fourth-order valence-corrected chi connectivity index (χ4v) is 2.06. The smallest absolute Gasteiger partial charge is 0.317 e. The highest BCUT2D eigenvalue weighted by atomic mass is 16.5. The van der Waals surface area contributed by atoms with Crippen molar-refractivity contribution in [1.82, 2.24) is 10.2 Å². The topological polar surface area (TPSA) is 67.6 Å². The first-order chi connectivity index (χ1) is 8.72. The van der Waals surface area contributed by atoms with Gasteiger partial charge in [-0.3, -0.25) is 0 Å². The molecule has 1 fully saturated rings. The van der Waals surface area contributed by atoms with Gasteiger partial charge in [0.15, 0.2) is 0 Å². The maximum atomic E-state index is 11.3. The second kappa shape index (κ2) is 5.73. The van der Waals surface area contributed by atoms with E-state index in [2.05, 4.69) is 5.32 Å². The summed E-state index contributed by atoms with van der Waals surface area (Å²) in [6.07, 6.45) is 0. The number of nitrogens with one attached hydrogen (secondary N) is 1. The predicted molar refractivity (Wildman–Crippen MR) is 69.5 cm³/mol. The van der Waals surface area contributed by atoms with Gasteiger partial charge in [-0.05, 0) is 12.5 Å². The number of benzene rings is 1. The Morgan fingerprint density at radius 3 is 3.00 bits per heavy atom. The maximum Gasteiger partial charge on any atom is 0.317 e. The monoisotopic (exact) mass is 249 g/mol. The molecule has 2 amide bonds. The van der Waals surface area contributed by atoms with E-state index in [4.69, 9.17) is 10.5 Å². The SMILES string of the molecule is Cc1cccc(CN)c1OCCN1CCNC1=O. The fourth-order valence-electron chi connectivity index (χ4n) is 2.06. The Morgan fingerprint density at radius 2 is 2.33 bits per heavy atom. The molecule has 0 saturated carbocycles. The van der Waals surface area contributed by atoms with Crippen LogP contribution < -0.4 is 15.8 Å². The van der Waals surface area contributed by atoms with Crippen LogP contribution in [0.3, 0.4) is 0 Å². The zero-order chi connectivity index (χ0) is 13.0. The summed E-state index contributed by atoms with van der Waals surface area (Å²) in [6, 6.07) is 5.92. The van der Waals surface area contributed by atoms with Gasteiger partial charge in [0, 0.05) is 25.2 Å². The van der Waals surface area contributed by atoms with E-state index in [1.807, 2.05) is 25.1 Å².